The molecule has 0 saturated carbocycles. The van der Waals surface area contributed by atoms with E-state index < -0.39 is 5.82 Å². The Morgan fingerprint density at radius 1 is 1.60 bits per heavy atom. The maximum atomic E-state index is 13.8. The molecule has 0 amide bonds. The van der Waals surface area contributed by atoms with Crippen LogP contribution < -0.4 is 4.90 Å². The quantitative estimate of drug-likeness (QED) is 0.611. The van der Waals surface area contributed by atoms with Crippen LogP contribution in [0.1, 0.15) is 19.8 Å². The molecule has 4 nitrogen and oxygen atoms in total. The summed E-state index contributed by atoms with van der Waals surface area (Å²) in [6, 6.07) is 1.12. The third-order valence-corrected chi connectivity index (χ3v) is 4.33. The van der Waals surface area contributed by atoms with Crippen LogP contribution in [0.2, 0.25) is 5.02 Å². The van der Waals surface area contributed by atoms with Crippen LogP contribution in [0.25, 0.3) is 10.2 Å². The fourth-order valence-electron chi connectivity index (χ4n) is 1.79. The molecule has 0 N–H and O–H groups in total. The Morgan fingerprint density at radius 3 is 3.00 bits per heavy atom. The number of nitrogens with zero attached hydrogens (tertiary/aromatic N) is 3. The van der Waals surface area contributed by atoms with Gasteiger partial charge in [0.05, 0.1) is 9.72 Å². The molecule has 0 atom stereocenters. The number of unbranched alkanes of at least 4 members (excludes halogenated alkanes) is 1. The van der Waals surface area contributed by atoms with Crippen molar-refractivity contribution in [2.24, 2.45) is 4.99 Å². The second-order valence-electron chi connectivity index (χ2n) is 4.34. The minimum Gasteiger partial charge on any atom is -0.351 e. The highest BCUT2D eigenvalue weighted by molar-refractivity contribution is 7.22. The molecule has 2 aromatic rings. The number of aromatic nitrogens is 1. The summed E-state index contributed by atoms with van der Waals surface area (Å²) in [5.74, 6) is -0.641. The predicted molar refractivity (Wildman–Crippen MR) is 80.5 cm³/mol. The highest BCUT2D eigenvalue weighted by Crippen LogP contribution is 2.40. The molecule has 0 saturated heterocycles. The van der Waals surface area contributed by atoms with E-state index in [9.17, 15) is 9.18 Å². The third kappa shape index (κ3) is 2.82. The minimum absolute atomic E-state index is 0.0490. The molecule has 1 aromatic heterocycles. The van der Waals surface area contributed by atoms with E-state index in [1.165, 1.54) is 17.4 Å². The van der Waals surface area contributed by atoms with Crippen LogP contribution in [0.3, 0.4) is 0 Å². The molecule has 0 aliphatic heterocycles. The molecule has 0 fully saturated rings. The first kappa shape index (κ1) is 14.9. The molecular formula is C13H13ClFN3OS. The van der Waals surface area contributed by atoms with Crippen LogP contribution in [0.5, 0.6) is 0 Å². The summed E-state index contributed by atoms with van der Waals surface area (Å²) in [6.07, 6.45) is 3.48. The number of isocyanates is 1. The van der Waals surface area contributed by atoms with Crippen molar-refractivity contribution in [2.45, 2.75) is 19.8 Å². The average Bonchev–Trinajstić information content (AvgIpc) is 2.86. The Bertz CT molecular complexity index is 682. The zero-order valence-corrected chi connectivity index (χ0v) is 12.7. The molecule has 0 radical (unpaired) electrons. The highest BCUT2D eigenvalue weighted by atomic mass is 35.5. The summed E-state index contributed by atoms with van der Waals surface area (Å²) >= 11 is 7.27. The Morgan fingerprint density at radius 2 is 2.35 bits per heavy atom. The van der Waals surface area contributed by atoms with Crippen LogP contribution in [0.15, 0.2) is 11.1 Å². The molecule has 2 rings (SSSR count). The molecule has 0 bridgehead atoms. The lowest BCUT2D eigenvalue weighted by Gasteiger charge is -2.14. The summed E-state index contributed by atoms with van der Waals surface area (Å²) < 4.78 is 14.3. The molecule has 1 heterocycles. The van der Waals surface area contributed by atoms with Crippen LogP contribution in [0, 0.1) is 5.82 Å². The van der Waals surface area contributed by atoms with Crippen molar-refractivity contribution in [3.63, 3.8) is 0 Å². The molecule has 0 spiro atoms. The molecule has 1 aromatic carbocycles. The van der Waals surface area contributed by atoms with Crippen molar-refractivity contribution >= 4 is 50.1 Å². The van der Waals surface area contributed by atoms with E-state index in [4.69, 9.17) is 11.6 Å². The molecule has 0 unspecified atom stereocenters. The zero-order valence-electron chi connectivity index (χ0n) is 11.1. The van der Waals surface area contributed by atoms with Gasteiger partial charge in [-0.05, 0) is 12.5 Å². The van der Waals surface area contributed by atoms with Crippen LogP contribution >= 0.6 is 22.9 Å². The summed E-state index contributed by atoms with van der Waals surface area (Å²) in [4.78, 5) is 20.2. The van der Waals surface area contributed by atoms with Gasteiger partial charge in [0.15, 0.2) is 10.9 Å². The summed E-state index contributed by atoms with van der Waals surface area (Å²) in [7, 11) is 1.92. The summed E-state index contributed by atoms with van der Waals surface area (Å²) in [6.45, 7) is 2.96. The van der Waals surface area contributed by atoms with Gasteiger partial charge < -0.3 is 4.90 Å². The van der Waals surface area contributed by atoms with Crippen molar-refractivity contribution < 1.29 is 9.18 Å². The predicted octanol–water partition coefficient (Wildman–Crippen LogP) is 4.29. The molecule has 20 heavy (non-hydrogen) atoms. The number of aliphatic imine (C=N–C) groups is 1. The molecule has 7 heteroatoms. The van der Waals surface area contributed by atoms with Gasteiger partial charge in [-0.15, -0.1) is 0 Å². The van der Waals surface area contributed by atoms with E-state index in [1.807, 2.05) is 11.9 Å². The maximum Gasteiger partial charge on any atom is 0.240 e. The van der Waals surface area contributed by atoms with E-state index in [2.05, 4.69) is 16.9 Å². The van der Waals surface area contributed by atoms with E-state index in [0.29, 0.717) is 10.2 Å². The standard InChI is InChI=1S/C13H13ClFN3OS/c1-3-4-5-18(2)13-17-10-8(14)6-9(15)11(16-7-19)12(10)20-13/h6H,3-5H2,1-2H3. The van der Waals surface area contributed by atoms with Crippen LogP contribution in [-0.2, 0) is 4.79 Å². The number of rotatable bonds is 5. The van der Waals surface area contributed by atoms with Crippen molar-refractivity contribution in [3.8, 4) is 0 Å². The smallest absolute Gasteiger partial charge is 0.240 e. The SMILES string of the molecule is CCCCN(C)c1nc2c(Cl)cc(F)c(N=C=O)c2s1. The fourth-order valence-corrected chi connectivity index (χ4v) is 3.14. The maximum absolute atomic E-state index is 13.8. The number of fused-ring (bicyclic) bond motifs is 1. The Balaban J connectivity index is 2.54. The molecule has 106 valence electrons. The highest BCUT2D eigenvalue weighted by Gasteiger charge is 2.17. The van der Waals surface area contributed by atoms with Crippen molar-refractivity contribution in [3.05, 3.63) is 16.9 Å². The van der Waals surface area contributed by atoms with Gasteiger partial charge in [0, 0.05) is 13.6 Å². The zero-order chi connectivity index (χ0) is 14.7. The first-order valence-electron chi connectivity index (χ1n) is 6.16. The van der Waals surface area contributed by atoms with Crippen molar-refractivity contribution in [1.82, 2.24) is 4.98 Å². The first-order chi connectivity index (χ1) is 9.58. The van der Waals surface area contributed by atoms with Gasteiger partial charge in [0.1, 0.15) is 11.2 Å². The normalized spacial score (nSPS) is 10.6. The van der Waals surface area contributed by atoms with Crippen LogP contribution in [0.4, 0.5) is 15.2 Å². The van der Waals surface area contributed by atoms with Crippen molar-refractivity contribution in [2.75, 3.05) is 18.5 Å². The van der Waals surface area contributed by atoms with Gasteiger partial charge >= 0.3 is 0 Å². The monoisotopic (exact) mass is 313 g/mol. The lowest BCUT2D eigenvalue weighted by molar-refractivity contribution is 0.564. The molecule has 0 aliphatic rings. The van der Waals surface area contributed by atoms with Gasteiger partial charge in [-0.2, -0.15) is 4.99 Å². The summed E-state index contributed by atoms with van der Waals surface area (Å²) in [5.41, 5.74) is 0.414. The Labute approximate surface area is 124 Å². The molecular weight excluding hydrogens is 301 g/mol. The number of hydrogen-bond donors (Lipinski definition) is 0. The number of benzene rings is 1. The van der Waals surface area contributed by atoms with Gasteiger partial charge in [-0.1, -0.05) is 36.3 Å². The summed E-state index contributed by atoms with van der Waals surface area (Å²) in [5, 5.41) is 0.942. The second-order valence-corrected chi connectivity index (χ2v) is 5.73. The Hall–Kier alpha value is -1.49. The number of carbonyl (C=O) groups excluding carboxylic acids is 1. The Kier molecular flexibility index (Phi) is 4.70. The van der Waals surface area contributed by atoms with Gasteiger partial charge in [-0.3, -0.25) is 0 Å². The van der Waals surface area contributed by atoms with E-state index in [-0.39, 0.29) is 10.7 Å². The number of halogens is 2. The number of hydrogen-bond acceptors (Lipinski definition) is 5. The van der Waals surface area contributed by atoms with Crippen molar-refractivity contribution in [1.29, 1.82) is 0 Å². The number of thiazole rings is 1. The molecule has 0 aliphatic carbocycles. The minimum atomic E-state index is -0.641. The van der Waals surface area contributed by atoms with Gasteiger partial charge in [0.2, 0.25) is 6.08 Å². The van der Waals surface area contributed by atoms with E-state index in [1.54, 1.807) is 0 Å². The topological polar surface area (TPSA) is 45.6 Å². The lowest BCUT2D eigenvalue weighted by Crippen LogP contribution is -2.17. The first-order valence-corrected chi connectivity index (χ1v) is 7.35. The van der Waals surface area contributed by atoms with Gasteiger partial charge in [0.25, 0.3) is 0 Å². The van der Waals surface area contributed by atoms with E-state index >= 15 is 0 Å². The van der Waals surface area contributed by atoms with Crippen LogP contribution in [-0.4, -0.2) is 24.7 Å². The van der Waals surface area contributed by atoms with Gasteiger partial charge in [-0.25, -0.2) is 14.2 Å². The largest absolute Gasteiger partial charge is 0.351 e. The fraction of sp³-hybridized carbons (Fsp3) is 0.385. The second kappa shape index (κ2) is 6.31. The average molecular weight is 314 g/mol. The lowest BCUT2D eigenvalue weighted by atomic mass is 10.3. The third-order valence-electron chi connectivity index (χ3n) is 2.87. The number of anilines is 1. The van der Waals surface area contributed by atoms with E-state index in [0.717, 1.165) is 30.6 Å².